The van der Waals surface area contributed by atoms with Crippen molar-refractivity contribution in [1.82, 2.24) is 0 Å². The summed E-state index contributed by atoms with van der Waals surface area (Å²) in [5.74, 6) is 0. The predicted molar refractivity (Wildman–Crippen MR) is 25.5 cm³/mol. The summed E-state index contributed by atoms with van der Waals surface area (Å²) in [6.07, 6.45) is 2.80. The molecule has 0 atom stereocenters. The van der Waals surface area contributed by atoms with E-state index < -0.39 is 0 Å². The molecule has 4 radical (unpaired) electrons. The molecule has 0 spiro atoms. The van der Waals surface area contributed by atoms with Gasteiger partial charge in [0.25, 0.3) is 0 Å². The molecule has 7 heavy (non-hydrogen) atoms. The number of hydrogen-bond donors (Lipinski definition) is 0. The summed E-state index contributed by atoms with van der Waals surface area (Å²) in [6, 6.07) is 0. The first kappa shape index (κ1) is 4.44. The second-order valence-corrected chi connectivity index (χ2v) is 1.28. The van der Waals surface area contributed by atoms with E-state index in [1.165, 1.54) is 12.5 Å². The molecule has 0 aliphatic heterocycles. The van der Waals surface area contributed by atoms with Crippen LogP contribution in [0, 0.1) is 13.8 Å². The highest BCUT2D eigenvalue weighted by Crippen LogP contribution is 2.04. The maximum atomic E-state index is 5.22. The Kier molecular flexibility index (Phi) is 0.895. The number of rotatable bonds is 0. The van der Waals surface area contributed by atoms with Crippen molar-refractivity contribution in [1.29, 1.82) is 0 Å². The second-order valence-electron chi connectivity index (χ2n) is 1.28. The van der Waals surface area contributed by atoms with Gasteiger partial charge in [-0.2, -0.15) is 0 Å². The lowest BCUT2D eigenvalue weighted by molar-refractivity contribution is 0.565. The topological polar surface area (TPSA) is 13.1 Å². The van der Waals surface area contributed by atoms with Crippen LogP contribution in [-0.2, 0) is 0 Å². The van der Waals surface area contributed by atoms with Crippen LogP contribution in [0.3, 0.4) is 0 Å². The summed E-state index contributed by atoms with van der Waals surface area (Å²) in [5.41, 5.74) is 1.00. The largest absolute Gasteiger partial charge is 0.472 e. The maximum absolute atomic E-state index is 5.22. The Morgan fingerprint density at radius 1 is 1.14 bits per heavy atom. The molecule has 0 aromatic carbocycles. The molecular formula is C6H4O. The van der Waals surface area contributed by atoms with Crippen LogP contribution in [0.1, 0.15) is 11.1 Å². The Bertz CT molecular complexity index is 136. The third kappa shape index (κ3) is 0.660. The first-order valence-corrected chi connectivity index (χ1v) is 1.88. The van der Waals surface area contributed by atoms with Gasteiger partial charge in [0.05, 0.1) is 12.5 Å². The first-order valence-electron chi connectivity index (χ1n) is 1.88. The normalized spacial score (nSPS) is 9.43. The van der Waals surface area contributed by atoms with Gasteiger partial charge in [0.15, 0.2) is 0 Å². The van der Waals surface area contributed by atoms with Gasteiger partial charge in [-0.25, -0.2) is 0 Å². The molecule has 1 heterocycles. The minimum Gasteiger partial charge on any atom is -0.472 e. The van der Waals surface area contributed by atoms with E-state index in [2.05, 4.69) is 4.42 Å². The highest BCUT2D eigenvalue weighted by atomic mass is 16.3. The zero-order valence-electron chi connectivity index (χ0n) is 3.72. The number of furan rings is 1. The van der Waals surface area contributed by atoms with Crippen LogP contribution in [0.25, 0.3) is 0 Å². The molecule has 1 heteroatoms. The molecule has 0 amide bonds. The van der Waals surface area contributed by atoms with Crippen LogP contribution in [0.15, 0.2) is 16.9 Å². The molecule has 0 aliphatic carbocycles. The molecular weight excluding hydrogens is 88.1 g/mol. The zero-order valence-corrected chi connectivity index (χ0v) is 3.72. The first-order chi connectivity index (χ1) is 3.30. The average molecular weight is 92.1 g/mol. The SMILES string of the molecule is [CH]c1cocc1[CH]. The van der Waals surface area contributed by atoms with Crippen molar-refractivity contribution in [3.63, 3.8) is 0 Å². The third-order valence-electron chi connectivity index (χ3n) is 0.723. The zero-order chi connectivity index (χ0) is 5.28. The molecule has 0 saturated heterocycles. The van der Waals surface area contributed by atoms with Gasteiger partial charge in [-0.15, -0.1) is 0 Å². The van der Waals surface area contributed by atoms with Gasteiger partial charge >= 0.3 is 0 Å². The molecule has 0 bridgehead atoms. The van der Waals surface area contributed by atoms with E-state index in [4.69, 9.17) is 13.8 Å². The lowest BCUT2D eigenvalue weighted by Gasteiger charge is -1.75. The summed E-state index contributed by atoms with van der Waals surface area (Å²) < 4.78 is 4.59. The molecule has 0 unspecified atom stereocenters. The van der Waals surface area contributed by atoms with Crippen molar-refractivity contribution < 1.29 is 4.42 Å². The molecule has 1 aromatic heterocycles. The monoisotopic (exact) mass is 92.0 g/mol. The fourth-order valence-electron chi connectivity index (χ4n) is 0.317. The standard InChI is InChI=1S/C6H4O/c1-5-3-7-4-6(5)2/h1-4H. The van der Waals surface area contributed by atoms with Crippen LogP contribution in [0.2, 0.25) is 0 Å². The van der Waals surface area contributed by atoms with Crippen molar-refractivity contribution >= 4 is 0 Å². The quantitative estimate of drug-likeness (QED) is 0.471. The molecule has 1 nitrogen and oxygen atoms in total. The smallest absolute Gasteiger partial charge is 0.0940 e. The van der Waals surface area contributed by atoms with Crippen molar-refractivity contribution in [3.05, 3.63) is 37.5 Å². The van der Waals surface area contributed by atoms with E-state index in [1.54, 1.807) is 0 Å². The third-order valence-corrected chi connectivity index (χ3v) is 0.723. The van der Waals surface area contributed by atoms with E-state index >= 15 is 0 Å². The minimum absolute atomic E-state index is 0.500. The summed E-state index contributed by atoms with van der Waals surface area (Å²) in [6.45, 7) is 10.4. The molecule has 0 fully saturated rings. The summed E-state index contributed by atoms with van der Waals surface area (Å²) in [4.78, 5) is 0. The van der Waals surface area contributed by atoms with Crippen LogP contribution in [0.4, 0.5) is 0 Å². The van der Waals surface area contributed by atoms with Crippen molar-refractivity contribution in [2.75, 3.05) is 0 Å². The molecule has 0 aliphatic rings. The molecule has 1 rings (SSSR count). The molecule has 34 valence electrons. The Hall–Kier alpha value is -0.720. The lowest BCUT2D eigenvalue weighted by Crippen LogP contribution is -1.63. The molecule has 1 aromatic rings. The van der Waals surface area contributed by atoms with Gasteiger partial charge in [-0.05, 0) is 11.1 Å². The van der Waals surface area contributed by atoms with Gasteiger partial charge < -0.3 is 4.42 Å². The van der Waals surface area contributed by atoms with E-state index in [-0.39, 0.29) is 0 Å². The Balaban J connectivity index is 3.12. The molecule has 0 saturated carbocycles. The van der Waals surface area contributed by atoms with E-state index in [0.29, 0.717) is 11.1 Å². The van der Waals surface area contributed by atoms with Crippen molar-refractivity contribution in [3.8, 4) is 0 Å². The fraction of sp³-hybridized carbons (Fsp3) is 0. The molecule has 0 N–H and O–H groups in total. The summed E-state index contributed by atoms with van der Waals surface area (Å²) >= 11 is 0. The van der Waals surface area contributed by atoms with E-state index in [0.717, 1.165) is 0 Å². The van der Waals surface area contributed by atoms with Crippen LogP contribution in [-0.4, -0.2) is 0 Å². The van der Waals surface area contributed by atoms with Crippen molar-refractivity contribution in [2.45, 2.75) is 0 Å². The van der Waals surface area contributed by atoms with E-state index in [1.807, 2.05) is 0 Å². The number of hydrogen-bond acceptors (Lipinski definition) is 1. The Morgan fingerprint density at radius 2 is 1.57 bits per heavy atom. The van der Waals surface area contributed by atoms with Gasteiger partial charge in [0.1, 0.15) is 0 Å². The van der Waals surface area contributed by atoms with Crippen LogP contribution < -0.4 is 0 Å². The highest BCUT2D eigenvalue weighted by Gasteiger charge is 1.89. The Labute approximate surface area is 43.0 Å². The Morgan fingerprint density at radius 3 is 1.71 bits per heavy atom. The highest BCUT2D eigenvalue weighted by molar-refractivity contribution is 5.25. The maximum Gasteiger partial charge on any atom is 0.0940 e. The minimum atomic E-state index is 0.500. The summed E-state index contributed by atoms with van der Waals surface area (Å²) in [5, 5.41) is 0. The lowest BCUT2D eigenvalue weighted by atomic mass is 10.2. The summed E-state index contributed by atoms with van der Waals surface area (Å²) in [7, 11) is 0. The van der Waals surface area contributed by atoms with Crippen LogP contribution in [0.5, 0.6) is 0 Å². The van der Waals surface area contributed by atoms with Gasteiger partial charge in [0, 0.05) is 13.8 Å². The van der Waals surface area contributed by atoms with E-state index in [9.17, 15) is 0 Å². The van der Waals surface area contributed by atoms with Crippen molar-refractivity contribution in [2.24, 2.45) is 0 Å². The van der Waals surface area contributed by atoms with Gasteiger partial charge in [-0.3, -0.25) is 0 Å². The van der Waals surface area contributed by atoms with Gasteiger partial charge in [0.2, 0.25) is 0 Å². The average Bonchev–Trinajstić information content (AvgIpc) is 1.91. The second kappa shape index (κ2) is 1.41. The van der Waals surface area contributed by atoms with Crippen LogP contribution >= 0.6 is 0 Å². The predicted octanol–water partition coefficient (Wildman–Crippen LogP) is 1.40. The van der Waals surface area contributed by atoms with Gasteiger partial charge in [-0.1, -0.05) is 0 Å². The fourth-order valence-corrected chi connectivity index (χ4v) is 0.317.